The van der Waals surface area contributed by atoms with Crippen LogP contribution in [0.25, 0.3) is 0 Å². The van der Waals surface area contributed by atoms with Gasteiger partial charge in [0, 0.05) is 10.0 Å². The molecule has 0 fully saturated rings. The summed E-state index contributed by atoms with van der Waals surface area (Å²) < 4.78 is 27.2. The number of hydrogen-bond acceptors (Lipinski definition) is 9. The lowest BCUT2D eigenvalue weighted by Gasteiger charge is -2.14. The van der Waals surface area contributed by atoms with E-state index in [1.807, 2.05) is 0 Å². The van der Waals surface area contributed by atoms with Crippen LogP contribution in [-0.4, -0.2) is 59.0 Å². The van der Waals surface area contributed by atoms with Crippen molar-refractivity contribution >= 4 is 39.9 Å². The Morgan fingerprint density at radius 3 is 2.13 bits per heavy atom. The number of halogens is 1. The summed E-state index contributed by atoms with van der Waals surface area (Å²) in [6.45, 7) is -0.333. The Morgan fingerprint density at radius 2 is 1.51 bits per heavy atom. The van der Waals surface area contributed by atoms with Crippen LogP contribution in [0.5, 0.6) is 28.7 Å². The average molecular weight is 600 g/mol. The highest BCUT2D eigenvalue weighted by Gasteiger charge is 2.17. The number of nitrogens with one attached hydrogen (secondary N) is 2. The lowest BCUT2D eigenvalue weighted by molar-refractivity contribution is -0.120. The molecule has 0 saturated carbocycles. The minimum atomic E-state index is -0.557. The number of methoxy groups -OCH3 is 4. The first-order chi connectivity index (χ1) is 18.8. The van der Waals surface area contributed by atoms with Crippen LogP contribution in [0.1, 0.15) is 26.3 Å². The number of rotatable bonds is 11. The highest BCUT2D eigenvalue weighted by atomic mass is 79.9. The van der Waals surface area contributed by atoms with Crippen molar-refractivity contribution in [1.82, 2.24) is 10.7 Å². The van der Waals surface area contributed by atoms with E-state index in [1.165, 1.54) is 46.8 Å². The van der Waals surface area contributed by atoms with Crippen molar-refractivity contribution in [1.29, 1.82) is 0 Å². The van der Waals surface area contributed by atoms with Crippen LogP contribution in [0, 0.1) is 0 Å². The SMILES string of the molecule is COc1cc(/C=N/NC(=O)CNC(=O)c2cc(OC)c(OC)c(OC)c2)ccc1OC(=O)c1cccc(Br)c1. The summed E-state index contributed by atoms with van der Waals surface area (Å²) in [5.74, 6) is -0.150. The van der Waals surface area contributed by atoms with Crippen molar-refractivity contribution < 1.29 is 38.1 Å². The normalized spacial score (nSPS) is 10.5. The standard InChI is InChI=1S/C27H26BrN3O8/c1-35-21-10-16(8-9-20(21)39-27(34)17-6-5-7-19(28)11-17)14-30-31-24(32)15-29-26(33)18-12-22(36-2)25(38-4)23(13-18)37-3/h5-14H,15H2,1-4H3,(H,29,33)(H,31,32)/b30-14+. The van der Waals surface area contributed by atoms with Crippen molar-refractivity contribution in [3.8, 4) is 28.7 Å². The van der Waals surface area contributed by atoms with E-state index in [1.54, 1.807) is 42.5 Å². The first kappa shape index (κ1) is 29.0. The van der Waals surface area contributed by atoms with Crippen LogP contribution >= 0.6 is 15.9 Å². The van der Waals surface area contributed by atoms with Crippen LogP contribution in [0.3, 0.4) is 0 Å². The Bertz CT molecular complexity index is 1370. The van der Waals surface area contributed by atoms with Gasteiger partial charge in [0.05, 0.1) is 46.8 Å². The third kappa shape index (κ3) is 7.71. The molecule has 3 rings (SSSR count). The van der Waals surface area contributed by atoms with E-state index in [2.05, 4.69) is 31.8 Å². The molecule has 0 saturated heterocycles. The van der Waals surface area contributed by atoms with Crippen LogP contribution in [0.4, 0.5) is 0 Å². The summed E-state index contributed by atoms with van der Waals surface area (Å²) in [6.07, 6.45) is 1.38. The van der Waals surface area contributed by atoms with Crippen molar-refractivity contribution in [2.75, 3.05) is 35.0 Å². The highest BCUT2D eigenvalue weighted by Crippen LogP contribution is 2.38. The molecule has 11 nitrogen and oxygen atoms in total. The quantitative estimate of drug-likeness (QED) is 0.148. The van der Waals surface area contributed by atoms with E-state index in [-0.39, 0.29) is 17.9 Å². The molecule has 0 bridgehead atoms. The number of ether oxygens (including phenoxy) is 5. The van der Waals surface area contributed by atoms with E-state index in [9.17, 15) is 14.4 Å². The van der Waals surface area contributed by atoms with Crippen molar-refractivity contribution in [3.05, 3.63) is 75.8 Å². The molecule has 0 radical (unpaired) electrons. The van der Waals surface area contributed by atoms with E-state index >= 15 is 0 Å². The van der Waals surface area contributed by atoms with Gasteiger partial charge >= 0.3 is 5.97 Å². The third-order valence-corrected chi connectivity index (χ3v) is 5.68. The molecule has 3 aromatic carbocycles. The van der Waals surface area contributed by atoms with Crippen molar-refractivity contribution in [2.45, 2.75) is 0 Å². The molecule has 0 atom stereocenters. The summed E-state index contributed by atoms with van der Waals surface area (Å²) in [5.41, 5.74) is 3.48. The number of nitrogens with zero attached hydrogens (tertiary/aromatic N) is 1. The van der Waals surface area contributed by atoms with Crippen LogP contribution in [-0.2, 0) is 4.79 Å². The maximum absolute atomic E-state index is 12.5. The number of hydrazone groups is 1. The summed E-state index contributed by atoms with van der Waals surface area (Å²) in [7, 11) is 5.76. The molecule has 0 aliphatic carbocycles. The second-order valence-electron chi connectivity index (χ2n) is 7.70. The summed E-state index contributed by atoms with van der Waals surface area (Å²) >= 11 is 3.32. The minimum Gasteiger partial charge on any atom is -0.493 e. The topological polar surface area (TPSA) is 134 Å². The second-order valence-corrected chi connectivity index (χ2v) is 8.62. The van der Waals surface area contributed by atoms with Crippen molar-refractivity contribution in [3.63, 3.8) is 0 Å². The zero-order chi connectivity index (χ0) is 28.4. The highest BCUT2D eigenvalue weighted by molar-refractivity contribution is 9.10. The fourth-order valence-electron chi connectivity index (χ4n) is 3.32. The average Bonchev–Trinajstić information content (AvgIpc) is 2.95. The molecule has 3 aromatic rings. The lowest BCUT2D eigenvalue weighted by Crippen LogP contribution is -2.34. The van der Waals surface area contributed by atoms with Gasteiger partial charge in [0.25, 0.3) is 11.8 Å². The van der Waals surface area contributed by atoms with Gasteiger partial charge < -0.3 is 29.0 Å². The fraction of sp³-hybridized carbons (Fsp3) is 0.185. The van der Waals surface area contributed by atoms with E-state index in [0.29, 0.717) is 34.1 Å². The zero-order valence-electron chi connectivity index (χ0n) is 21.6. The Hall–Kier alpha value is -4.58. The number of esters is 1. The van der Waals surface area contributed by atoms with Crippen LogP contribution in [0.2, 0.25) is 0 Å². The van der Waals surface area contributed by atoms with Crippen LogP contribution < -0.4 is 34.4 Å². The van der Waals surface area contributed by atoms with Gasteiger partial charge in [-0.2, -0.15) is 5.10 Å². The monoisotopic (exact) mass is 599 g/mol. The number of carbonyl (C=O) groups excluding carboxylic acids is 3. The fourth-order valence-corrected chi connectivity index (χ4v) is 3.72. The maximum atomic E-state index is 12.5. The molecule has 0 aliphatic heterocycles. The molecule has 39 heavy (non-hydrogen) atoms. The summed E-state index contributed by atoms with van der Waals surface area (Å²) in [5, 5.41) is 6.39. The Balaban J connectivity index is 1.57. The first-order valence-corrected chi connectivity index (χ1v) is 12.1. The molecular weight excluding hydrogens is 574 g/mol. The smallest absolute Gasteiger partial charge is 0.343 e. The molecule has 204 valence electrons. The van der Waals surface area contributed by atoms with Gasteiger partial charge in [0.15, 0.2) is 23.0 Å². The van der Waals surface area contributed by atoms with Gasteiger partial charge in [-0.15, -0.1) is 0 Å². The van der Waals surface area contributed by atoms with Gasteiger partial charge in [-0.05, 0) is 54.1 Å². The Kier molecular flexibility index (Phi) is 10.3. The summed E-state index contributed by atoms with van der Waals surface area (Å²) in [4.78, 5) is 37.2. The molecule has 0 unspecified atom stereocenters. The van der Waals surface area contributed by atoms with Gasteiger partial charge in [-0.3, -0.25) is 9.59 Å². The molecule has 0 spiro atoms. The number of amides is 2. The second kappa shape index (κ2) is 13.8. The molecule has 2 amide bonds. The number of benzene rings is 3. The minimum absolute atomic E-state index is 0.216. The van der Waals surface area contributed by atoms with Crippen LogP contribution in [0.15, 0.2) is 64.2 Å². The predicted octanol–water partition coefficient (Wildman–Crippen LogP) is 3.58. The number of carbonyl (C=O) groups is 3. The largest absolute Gasteiger partial charge is 0.493 e. The van der Waals surface area contributed by atoms with Gasteiger partial charge in [-0.1, -0.05) is 22.0 Å². The number of hydrogen-bond donors (Lipinski definition) is 2. The van der Waals surface area contributed by atoms with E-state index in [0.717, 1.165) is 4.47 Å². The van der Waals surface area contributed by atoms with Crippen molar-refractivity contribution in [2.24, 2.45) is 5.10 Å². The van der Waals surface area contributed by atoms with Gasteiger partial charge in [0.1, 0.15) is 0 Å². The van der Waals surface area contributed by atoms with E-state index < -0.39 is 17.8 Å². The summed E-state index contributed by atoms with van der Waals surface area (Å²) in [6, 6.07) is 14.5. The lowest BCUT2D eigenvalue weighted by atomic mass is 10.1. The zero-order valence-corrected chi connectivity index (χ0v) is 23.2. The third-order valence-electron chi connectivity index (χ3n) is 5.19. The van der Waals surface area contributed by atoms with Gasteiger partial charge in [-0.25, -0.2) is 10.2 Å². The van der Waals surface area contributed by atoms with E-state index in [4.69, 9.17) is 23.7 Å². The Morgan fingerprint density at radius 1 is 0.821 bits per heavy atom. The first-order valence-electron chi connectivity index (χ1n) is 11.4. The predicted molar refractivity (Wildman–Crippen MR) is 146 cm³/mol. The molecular formula is C27H26BrN3O8. The van der Waals surface area contributed by atoms with Gasteiger partial charge in [0.2, 0.25) is 5.75 Å². The molecule has 2 N–H and O–H groups in total. The molecule has 12 heteroatoms. The Labute approximate surface area is 233 Å². The molecule has 0 aliphatic rings. The molecule has 0 aromatic heterocycles. The maximum Gasteiger partial charge on any atom is 0.343 e. The molecule has 0 heterocycles.